The van der Waals surface area contributed by atoms with Crippen molar-refractivity contribution in [3.63, 3.8) is 0 Å². The van der Waals surface area contributed by atoms with Crippen molar-refractivity contribution < 1.29 is 4.79 Å². The predicted molar refractivity (Wildman–Crippen MR) is 77.2 cm³/mol. The molecule has 0 amide bonds. The predicted octanol–water partition coefficient (Wildman–Crippen LogP) is 4.16. The first-order valence-electron chi connectivity index (χ1n) is 6.82. The number of pyridine rings is 1. The van der Waals surface area contributed by atoms with Gasteiger partial charge < -0.3 is 0 Å². The lowest BCUT2D eigenvalue weighted by Crippen LogP contribution is -2.10. The summed E-state index contributed by atoms with van der Waals surface area (Å²) in [6.45, 7) is 2.23. The van der Waals surface area contributed by atoms with Gasteiger partial charge in [0.25, 0.3) is 0 Å². The second kappa shape index (κ2) is 4.96. The monoisotopic (exact) mass is 251 g/mol. The number of aromatic nitrogens is 1. The Labute approximate surface area is 113 Å². The van der Waals surface area contributed by atoms with Crippen LogP contribution in [0.25, 0.3) is 10.8 Å². The van der Waals surface area contributed by atoms with Gasteiger partial charge in [-0.3, -0.25) is 9.78 Å². The average Bonchev–Trinajstić information content (AvgIpc) is 2.47. The molecule has 0 N–H and O–H groups in total. The van der Waals surface area contributed by atoms with Gasteiger partial charge in [-0.1, -0.05) is 37.3 Å². The highest BCUT2D eigenvalue weighted by Gasteiger charge is 2.19. The smallest absolute Gasteiger partial charge is 0.190 e. The Kier molecular flexibility index (Phi) is 3.16. The number of hydrogen-bond donors (Lipinski definition) is 0. The van der Waals surface area contributed by atoms with Crippen LogP contribution in [-0.4, -0.2) is 10.8 Å². The summed E-state index contributed by atoms with van der Waals surface area (Å²) in [7, 11) is 0. The van der Waals surface area contributed by atoms with Crippen molar-refractivity contribution in [3.05, 3.63) is 53.9 Å². The van der Waals surface area contributed by atoms with Crippen molar-refractivity contribution in [1.82, 2.24) is 4.98 Å². The molecule has 0 spiro atoms. The number of fused-ring (bicyclic) bond motifs is 1. The van der Waals surface area contributed by atoms with Crippen LogP contribution in [0.15, 0.2) is 48.3 Å². The lowest BCUT2D eigenvalue weighted by Gasteiger charge is -2.17. The molecule has 0 fully saturated rings. The van der Waals surface area contributed by atoms with Crippen molar-refractivity contribution in [2.75, 3.05) is 0 Å². The second-order valence-corrected chi connectivity index (χ2v) is 5.35. The topological polar surface area (TPSA) is 30.0 Å². The third-order valence-electron chi connectivity index (χ3n) is 3.88. The molecule has 0 radical (unpaired) electrons. The molecule has 1 aliphatic carbocycles. The third-order valence-corrected chi connectivity index (χ3v) is 3.88. The van der Waals surface area contributed by atoms with Gasteiger partial charge in [-0.05, 0) is 36.1 Å². The maximum absolute atomic E-state index is 12.6. The van der Waals surface area contributed by atoms with Crippen molar-refractivity contribution in [3.8, 4) is 0 Å². The molecule has 1 aliphatic rings. The molecule has 1 atom stereocenters. The molecule has 0 saturated carbocycles. The summed E-state index contributed by atoms with van der Waals surface area (Å²) >= 11 is 0. The van der Waals surface area contributed by atoms with Crippen LogP contribution < -0.4 is 0 Å². The van der Waals surface area contributed by atoms with E-state index in [-0.39, 0.29) is 5.78 Å². The Morgan fingerprint density at radius 1 is 1.26 bits per heavy atom. The maximum atomic E-state index is 12.6. The molecule has 3 rings (SSSR count). The molecule has 19 heavy (non-hydrogen) atoms. The minimum Gasteiger partial charge on any atom is -0.289 e. The largest absolute Gasteiger partial charge is 0.289 e. The molecule has 1 aromatic carbocycles. The minimum absolute atomic E-state index is 0.149. The van der Waals surface area contributed by atoms with Crippen LogP contribution in [0.2, 0.25) is 0 Å². The Morgan fingerprint density at radius 2 is 2.11 bits per heavy atom. The summed E-state index contributed by atoms with van der Waals surface area (Å²) in [4.78, 5) is 16.8. The molecule has 2 heteroatoms. The van der Waals surface area contributed by atoms with E-state index in [0.29, 0.717) is 5.92 Å². The van der Waals surface area contributed by atoms with E-state index in [1.165, 1.54) is 0 Å². The number of carbonyl (C=O) groups excluding carboxylic acids is 1. The highest BCUT2D eigenvalue weighted by Crippen LogP contribution is 2.27. The van der Waals surface area contributed by atoms with Gasteiger partial charge in [0.1, 0.15) is 0 Å². The second-order valence-electron chi connectivity index (χ2n) is 5.35. The number of rotatable bonds is 2. The Balaban J connectivity index is 2.03. The standard InChI is InChI=1S/C17H17NO/c1-12-6-8-13(9-7-12)17(19)16-11-18-10-14-4-2-3-5-15(14)16/h2-5,8,10-12H,6-7,9H2,1H3. The molecule has 2 nitrogen and oxygen atoms in total. The molecule has 96 valence electrons. The summed E-state index contributed by atoms with van der Waals surface area (Å²) in [5.41, 5.74) is 1.69. The number of carbonyl (C=O) groups is 1. The van der Waals surface area contributed by atoms with Crippen molar-refractivity contribution in [2.24, 2.45) is 5.92 Å². The highest BCUT2D eigenvalue weighted by atomic mass is 16.1. The summed E-state index contributed by atoms with van der Waals surface area (Å²) < 4.78 is 0. The van der Waals surface area contributed by atoms with E-state index in [4.69, 9.17) is 0 Å². The Bertz CT molecular complexity index is 652. The summed E-state index contributed by atoms with van der Waals surface area (Å²) in [6.07, 6.45) is 8.63. The maximum Gasteiger partial charge on any atom is 0.190 e. The quantitative estimate of drug-likeness (QED) is 0.750. The van der Waals surface area contributed by atoms with Gasteiger partial charge in [-0.15, -0.1) is 0 Å². The molecule has 1 heterocycles. The van der Waals surface area contributed by atoms with E-state index >= 15 is 0 Å². The average molecular weight is 251 g/mol. The van der Waals surface area contributed by atoms with E-state index in [9.17, 15) is 4.79 Å². The zero-order chi connectivity index (χ0) is 13.2. The van der Waals surface area contributed by atoms with E-state index in [1.807, 2.05) is 30.5 Å². The third kappa shape index (κ3) is 2.30. The molecule has 1 aromatic heterocycles. The van der Waals surface area contributed by atoms with Gasteiger partial charge in [0.15, 0.2) is 5.78 Å². The number of nitrogens with zero attached hydrogens (tertiary/aromatic N) is 1. The van der Waals surface area contributed by atoms with Crippen LogP contribution >= 0.6 is 0 Å². The molecule has 0 saturated heterocycles. The number of benzene rings is 1. The van der Waals surface area contributed by atoms with Crippen molar-refractivity contribution in [2.45, 2.75) is 26.2 Å². The van der Waals surface area contributed by atoms with E-state index in [1.54, 1.807) is 6.20 Å². The van der Waals surface area contributed by atoms with Crippen molar-refractivity contribution in [1.29, 1.82) is 0 Å². The first-order valence-corrected chi connectivity index (χ1v) is 6.82. The Hall–Kier alpha value is -1.96. The van der Waals surface area contributed by atoms with Crippen LogP contribution in [0.3, 0.4) is 0 Å². The van der Waals surface area contributed by atoms with E-state index < -0.39 is 0 Å². The van der Waals surface area contributed by atoms with Crippen LogP contribution in [0.4, 0.5) is 0 Å². The van der Waals surface area contributed by atoms with Gasteiger partial charge in [0, 0.05) is 23.3 Å². The van der Waals surface area contributed by atoms with Gasteiger partial charge in [-0.25, -0.2) is 0 Å². The van der Waals surface area contributed by atoms with E-state index in [2.05, 4.69) is 18.0 Å². The lowest BCUT2D eigenvalue weighted by molar-refractivity contribution is 0.102. The molecular weight excluding hydrogens is 234 g/mol. The zero-order valence-electron chi connectivity index (χ0n) is 11.1. The zero-order valence-corrected chi connectivity index (χ0v) is 11.1. The van der Waals surface area contributed by atoms with Crippen LogP contribution in [0.1, 0.15) is 36.5 Å². The SMILES string of the molecule is CC1CC=C(C(=O)c2cncc3ccccc23)CC1. The fourth-order valence-corrected chi connectivity index (χ4v) is 2.64. The number of allylic oxidation sites excluding steroid dienone is 2. The van der Waals surface area contributed by atoms with Crippen molar-refractivity contribution >= 4 is 16.6 Å². The summed E-state index contributed by atoms with van der Waals surface area (Å²) in [5, 5.41) is 2.03. The lowest BCUT2D eigenvalue weighted by atomic mass is 9.87. The molecular formula is C17H17NO. The van der Waals surface area contributed by atoms with Crippen LogP contribution in [-0.2, 0) is 0 Å². The minimum atomic E-state index is 0.149. The highest BCUT2D eigenvalue weighted by molar-refractivity contribution is 6.15. The molecule has 0 aliphatic heterocycles. The molecule has 1 unspecified atom stereocenters. The number of hydrogen-bond acceptors (Lipinski definition) is 2. The number of ketones is 1. The van der Waals surface area contributed by atoms with Gasteiger partial charge in [0.05, 0.1) is 0 Å². The van der Waals surface area contributed by atoms with Gasteiger partial charge >= 0.3 is 0 Å². The molecule has 0 bridgehead atoms. The summed E-state index contributed by atoms with van der Waals surface area (Å²) in [5.74, 6) is 0.846. The van der Waals surface area contributed by atoms with Gasteiger partial charge in [-0.2, -0.15) is 0 Å². The fraction of sp³-hybridized carbons (Fsp3) is 0.294. The Morgan fingerprint density at radius 3 is 2.89 bits per heavy atom. The molecule has 2 aromatic rings. The number of Topliss-reactive ketones (excluding diaryl/α,β-unsaturated/α-hetero) is 1. The van der Waals surface area contributed by atoms with Crippen LogP contribution in [0, 0.1) is 5.92 Å². The summed E-state index contributed by atoms with van der Waals surface area (Å²) in [6, 6.07) is 7.93. The fourth-order valence-electron chi connectivity index (χ4n) is 2.64. The normalized spacial score (nSPS) is 19.2. The van der Waals surface area contributed by atoms with Gasteiger partial charge in [0.2, 0.25) is 0 Å². The van der Waals surface area contributed by atoms with E-state index in [0.717, 1.165) is 41.2 Å². The first-order chi connectivity index (χ1) is 9.25. The first kappa shape index (κ1) is 12.1. The van der Waals surface area contributed by atoms with Crippen LogP contribution in [0.5, 0.6) is 0 Å².